The second-order valence-corrected chi connectivity index (χ2v) is 3.90. The van der Waals surface area contributed by atoms with Crippen molar-refractivity contribution in [2.75, 3.05) is 0 Å². The SMILES string of the molecule is CC.CC.Cc1sc2ccccc2c1C#N. The van der Waals surface area contributed by atoms with Crippen LogP contribution < -0.4 is 0 Å². The minimum absolute atomic E-state index is 0.829. The molecule has 0 radical (unpaired) electrons. The van der Waals surface area contributed by atoms with Crippen LogP contribution in [0.2, 0.25) is 0 Å². The summed E-state index contributed by atoms with van der Waals surface area (Å²) in [5, 5.41) is 9.95. The van der Waals surface area contributed by atoms with Gasteiger partial charge in [-0.25, -0.2) is 0 Å². The van der Waals surface area contributed by atoms with Crippen LogP contribution >= 0.6 is 11.3 Å². The maximum atomic E-state index is 8.86. The molecule has 0 bridgehead atoms. The second-order valence-electron chi connectivity index (χ2n) is 2.64. The van der Waals surface area contributed by atoms with Crippen molar-refractivity contribution < 1.29 is 0 Å². The Bertz CT molecular complexity index is 463. The van der Waals surface area contributed by atoms with Gasteiger partial charge >= 0.3 is 0 Å². The van der Waals surface area contributed by atoms with Crippen LogP contribution in [0.25, 0.3) is 10.1 Å². The molecule has 86 valence electrons. The van der Waals surface area contributed by atoms with Gasteiger partial charge in [-0.2, -0.15) is 5.26 Å². The third-order valence-corrected chi connectivity index (χ3v) is 2.97. The first-order valence-electron chi connectivity index (χ1n) is 5.71. The summed E-state index contributed by atoms with van der Waals surface area (Å²) in [7, 11) is 0. The molecule has 1 nitrogen and oxygen atoms in total. The fraction of sp³-hybridized carbons (Fsp3) is 0.357. The highest BCUT2D eigenvalue weighted by atomic mass is 32.1. The minimum Gasteiger partial charge on any atom is -0.192 e. The zero-order valence-corrected chi connectivity index (χ0v) is 11.5. The van der Waals surface area contributed by atoms with Gasteiger partial charge in [-0.3, -0.25) is 0 Å². The molecule has 0 unspecified atom stereocenters. The summed E-state index contributed by atoms with van der Waals surface area (Å²) in [5.74, 6) is 0. The lowest BCUT2D eigenvalue weighted by atomic mass is 10.1. The number of aryl methyl sites for hydroxylation is 1. The van der Waals surface area contributed by atoms with E-state index in [9.17, 15) is 0 Å². The van der Waals surface area contributed by atoms with E-state index < -0.39 is 0 Å². The molecule has 1 heterocycles. The second kappa shape index (κ2) is 7.90. The van der Waals surface area contributed by atoms with Gasteiger partial charge < -0.3 is 0 Å². The fourth-order valence-electron chi connectivity index (χ4n) is 1.31. The first-order valence-corrected chi connectivity index (χ1v) is 6.53. The lowest BCUT2D eigenvalue weighted by Crippen LogP contribution is -1.71. The number of fused-ring (bicyclic) bond motifs is 1. The van der Waals surface area contributed by atoms with Gasteiger partial charge in [-0.15, -0.1) is 11.3 Å². The van der Waals surface area contributed by atoms with Crippen molar-refractivity contribution in [3.8, 4) is 6.07 Å². The van der Waals surface area contributed by atoms with E-state index in [1.807, 2.05) is 58.9 Å². The van der Waals surface area contributed by atoms with Crippen LogP contribution in [-0.2, 0) is 0 Å². The molecule has 1 aromatic heterocycles. The first-order chi connectivity index (χ1) is 7.83. The number of benzene rings is 1. The van der Waals surface area contributed by atoms with Crippen molar-refractivity contribution in [3.05, 3.63) is 34.7 Å². The summed E-state index contributed by atoms with van der Waals surface area (Å²) in [6.07, 6.45) is 0. The van der Waals surface area contributed by atoms with Crippen molar-refractivity contribution in [3.63, 3.8) is 0 Å². The Balaban J connectivity index is 0.000000509. The average molecular weight is 233 g/mol. The summed E-state index contributed by atoms with van der Waals surface area (Å²) >= 11 is 1.68. The summed E-state index contributed by atoms with van der Waals surface area (Å²) < 4.78 is 1.20. The monoisotopic (exact) mass is 233 g/mol. The Kier molecular flexibility index (Phi) is 7.24. The Morgan fingerprint density at radius 3 is 2.19 bits per heavy atom. The Labute approximate surface area is 102 Å². The summed E-state index contributed by atoms with van der Waals surface area (Å²) in [4.78, 5) is 1.11. The molecule has 0 saturated heterocycles. The predicted octanol–water partition coefficient (Wildman–Crippen LogP) is 5.13. The standard InChI is InChI=1S/C10H7NS.2C2H6/c1-7-9(6-11)8-4-2-3-5-10(8)12-7;2*1-2/h2-5H,1H3;2*1-2H3. The highest BCUT2D eigenvalue weighted by Gasteiger charge is 2.05. The molecule has 2 rings (SSSR count). The van der Waals surface area contributed by atoms with Gasteiger partial charge in [-0.1, -0.05) is 45.9 Å². The molecule has 0 N–H and O–H groups in total. The Morgan fingerprint density at radius 1 is 1.06 bits per heavy atom. The maximum absolute atomic E-state index is 8.86. The van der Waals surface area contributed by atoms with Gasteiger partial charge in [0.05, 0.1) is 5.56 Å². The Morgan fingerprint density at radius 2 is 1.62 bits per heavy atom. The van der Waals surface area contributed by atoms with E-state index in [0.29, 0.717) is 0 Å². The zero-order valence-electron chi connectivity index (χ0n) is 10.7. The van der Waals surface area contributed by atoms with E-state index in [1.165, 1.54) is 4.70 Å². The van der Waals surface area contributed by atoms with E-state index in [1.54, 1.807) is 11.3 Å². The number of hydrogen-bond acceptors (Lipinski definition) is 2. The fourth-order valence-corrected chi connectivity index (χ4v) is 2.32. The lowest BCUT2D eigenvalue weighted by Gasteiger charge is -1.86. The van der Waals surface area contributed by atoms with Gasteiger partial charge in [0.25, 0.3) is 0 Å². The summed E-state index contributed by atoms with van der Waals surface area (Å²) in [5.41, 5.74) is 0.829. The first kappa shape index (κ1) is 14.7. The molecule has 0 amide bonds. The zero-order chi connectivity index (χ0) is 12.6. The molecule has 2 heteroatoms. The molecule has 0 aliphatic rings. The molecule has 16 heavy (non-hydrogen) atoms. The van der Waals surface area contributed by atoms with Crippen LogP contribution in [0, 0.1) is 18.3 Å². The third kappa shape index (κ3) is 3.08. The maximum Gasteiger partial charge on any atom is 0.101 e. The number of nitrogens with zero attached hydrogens (tertiary/aromatic N) is 1. The molecule has 0 saturated carbocycles. The number of nitriles is 1. The van der Waals surface area contributed by atoms with Gasteiger partial charge in [0, 0.05) is 15.0 Å². The highest BCUT2D eigenvalue weighted by Crippen LogP contribution is 2.29. The molecular formula is C14H19NS. The average Bonchev–Trinajstić information content (AvgIpc) is 2.69. The van der Waals surface area contributed by atoms with Crippen LogP contribution in [-0.4, -0.2) is 0 Å². The topological polar surface area (TPSA) is 23.8 Å². The van der Waals surface area contributed by atoms with Crippen molar-refractivity contribution in [2.24, 2.45) is 0 Å². The summed E-state index contributed by atoms with van der Waals surface area (Å²) in [6.45, 7) is 9.99. The van der Waals surface area contributed by atoms with Crippen LogP contribution in [0.1, 0.15) is 38.1 Å². The molecule has 0 aliphatic carbocycles. The lowest BCUT2D eigenvalue weighted by molar-refractivity contribution is 1.48. The molecule has 0 spiro atoms. The Hall–Kier alpha value is -1.33. The van der Waals surface area contributed by atoms with E-state index in [2.05, 4.69) is 6.07 Å². The summed E-state index contributed by atoms with van der Waals surface area (Å²) in [6, 6.07) is 10.2. The highest BCUT2D eigenvalue weighted by molar-refractivity contribution is 7.19. The van der Waals surface area contributed by atoms with Crippen molar-refractivity contribution in [1.29, 1.82) is 5.26 Å². The van der Waals surface area contributed by atoms with Crippen LogP contribution in [0.5, 0.6) is 0 Å². The van der Waals surface area contributed by atoms with Crippen LogP contribution in [0.4, 0.5) is 0 Å². The van der Waals surface area contributed by atoms with Gasteiger partial charge in [0.15, 0.2) is 0 Å². The van der Waals surface area contributed by atoms with Gasteiger partial charge in [-0.05, 0) is 13.0 Å². The van der Waals surface area contributed by atoms with E-state index in [0.717, 1.165) is 15.8 Å². The molecule has 2 aromatic rings. The normalized spacial score (nSPS) is 8.25. The van der Waals surface area contributed by atoms with Gasteiger partial charge in [0.2, 0.25) is 0 Å². The van der Waals surface area contributed by atoms with Crippen molar-refractivity contribution in [1.82, 2.24) is 0 Å². The molecule has 0 fully saturated rings. The predicted molar refractivity (Wildman–Crippen MR) is 74.0 cm³/mol. The minimum atomic E-state index is 0.829. The quantitative estimate of drug-likeness (QED) is 0.618. The largest absolute Gasteiger partial charge is 0.192 e. The number of thiophene rings is 1. The van der Waals surface area contributed by atoms with Crippen molar-refractivity contribution in [2.45, 2.75) is 34.6 Å². The molecule has 1 aromatic carbocycles. The smallest absolute Gasteiger partial charge is 0.101 e. The van der Waals surface area contributed by atoms with Crippen molar-refractivity contribution >= 4 is 21.4 Å². The van der Waals surface area contributed by atoms with Gasteiger partial charge in [0.1, 0.15) is 6.07 Å². The number of rotatable bonds is 0. The van der Waals surface area contributed by atoms with E-state index in [-0.39, 0.29) is 0 Å². The molecule has 0 aliphatic heterocycles. The number of hydrogen-bond donors (Lipinski definition) is 0. The third-order valence-electron chi connectivity index (χ3n) is 1.88. The molecule has 0 atom stereocenters. The van der Waals surface area contributed by atoms with E-state index in [4.69, 9.17) is 5.26 Å². The van der Waals surface area contributed by atoms with Crippen LogP contribution in [0.15, 0.2) is 24.3 Å². The molecular weight excluding hydrogens is 214 g/mol. The van der Waals surface area contributed by atoms with Crippen LogP contribution in [0.3, 0.4) is 0 Å². The van der Waals surface area contributed by atoms with E-state index >= 15 is 0 Å².